The number of hydrogen-bond acceptors (Lipinski definition) is 3. The van der Waals surface area contributed by atoms with Gasteiger partial charge in [0, 0.05) is 31.5 Å². The number of aryl methyl sites for hydroxylation is 1. The van der Waals surface area contributed by atoms with Gasteiger partial charge in [-0.2, -0.15) is 0 Å². The molecule has 0 aliphatic carbocycles. The third-order valence-corrected chi connectivity index (χ3v) is 4.03. The highest BCUT2D eigenvalue weighted by Crippen LogP contribution is 2.16. The molecule has 102 valence electrons. The van der Waals surface area contributed by atoms with Gasteiger partial charge < -0.3 is 9.47 Å². The number of rotatable bonds is 4. The van der Waals surface area contributed by atoms with Gasteiger partial charge in [0.1, 0.15) is 5.82 Å². The maximum atomic E-state index is 4.48. The van der Waals surface area contributed by atoms with Crippen LogP contribution in [0.15, 0.2) is 12.4 Å². The zero-order valence-electron chi connectivity index (χ0n) is 12.0. The summed E-state index contributed by atoms with van der Waals surface area (Å²) in [7, 11) is 4.40. The average molecular weight is 250 g/mol. The molecule has 0 radical (unpaired) electrons. The largest absolute Gasteiger partial charge is 0.334 e. The number of aromatic nitrogens is 2. The summed E-state index contributed by atoms with van der Waals surface area (Å²) in [5.74, 6) is 1.21. The summed E-state index contributed by atoms with van der Waals surface area (Å²) in [6.45, 7) is 6.60. The zero-order chi connectivity index (χ0) is 13.0. The second-order valence-corrected chi connectivity index (χ2v) is 5.45. The Morgan fingerprint density at radius 3 is 2.89 bits per heavy atom. The van der Waals surface area contributed by atoms with Crippen molar-refractivity contribution in [1.82, 2.24) is 19.4 Å². The van der Waals surface area contributed by atoms with Gasteiger partial charge in [0.05, 0.1) is 6.54 Å². The van der Waals surface area contributed by atoms with E-state index >= 15 is 0 Å². The van der Waals surface area contributed by atoms with Crippen molar-refractivity contribution in [3.63, 3.8) is 0 Å². The lowest BCUT2D eigenvalue weighted by Gasteiger charge is -2.23. The normalized spacial score (nSPS) is 22.3. The van der Waals surface area contributed by atoms with Crippen molar-refractivity contribution >= 4 is 0 Å². The van der Waals surface area contributed by atoms with Crippen LogP contribution in [-0.2, 0) is 13.1 Å². The molecule has 1 aliphatic heterocycles. The minimum atomic E-state index is 0.751. The lowest BCUT2D eigenvalue weighted by Crippen LogP contribution is -2.30. The van der Waals surface area contributed by atoms with Gasteiger partial charge >= 0.3 is 0 Å². The molecular weight excluding hydrogens is 224 g/mol. The van der Waals surface area contributed by atoms with Crippen LogP contribution in [-0.4, -0.2) is 52.6 Å². The summed E-state index contributed by atoms with van der Waals surface area (Å²) >= 11 is 0. The van der Waals surface area contributed by atoms with Crippen LogP contribution in [0.4, 0.5) is 0 Å². The first-order valence-electron chi connectivity index (χ1n) is 7.09. The topological polar surface area (TPSA) is 24.3 Å². The molecule has 1 aromatic rings. The molecule has 1 saturated heterocycles. The number of hydrogen-bond donors (Lipinski definition) is 0. The smallest absolute Gasteiger partial charge is 0.122 e. The third-order valence-electron chi connectivity index (χ3n) is 4.03. The van der Waals surface area contributed by atoms with Crippen LogP contribution in [0.5, 0.6) is 0 Å². The molecular formula is C14H26N4. The fourth-order valence-electron chi connectivity index (χ4n) is 2.79. The van der Waals surface area contributed by atoms with Crippen LogP contribution in [0.3, 0.4) is 0 Å². The Kier molecular flexibility index (Phi) is 4.78. The first kappa shape index (κ1) is 13.6. The molecule has 2 rings (SSSR count). The van der Waals surface area contributed by atoms with E-state index in [0.717, 1.165) is 19.1 Å². The van der Waals surface area contributed by atoms with Crippen LogP contribution >= 0.6 is 0 Å². The van der Waals surface area contributed by atoms with Gasteiger partial charge in [0.15, 0.2) is 0 Å². The van der Waals surface area contributed by atoms with Crippen LogP contribution < -0.4 is 0 Å². The van der Waals surface area contributed by atoms with Gasteiger partial charge in [0.25, 0.3) is 0 Å². The van der Waals surface area contributed by atoms with E-state index < -0.39 is 0 Å². The predicted octanol–water partition coefficient (Wildman–Crippen LogP) is 1.82. The van der Waals surface area contributed by atoms with E-state index in [2.05, 4.69) is 46.6 Å². The summed E-state index contributed by atoms with van der Waals surface area (Å²) in [6.07, 6.45) is 7.90. The van der Waals surface area contributed by atoms with Crippen molar-refractivity contribution in [2.24, 2.45) is 0 Å². The second kappa shape index (κ2) is 6.34. The number of likely N-dealkylation sites (tertiary alicyclic amines) is 1. The predicted molar refractivity (Wildman–Crippen MR) is 74.5 cm³/mol. The fraction of sp³-hybridized carbons (Fsp3) is 0.786. The Balaban J connectivity index is 1.91. The van der Waals surface area contributed by atoms with Gasteiger partial charge in [-0.25, -0.2) is 4.98 Å². The highest BCUT2D eigenvalue weighted by Gasteiger charge is 2.19. The Labute approximate surface area is 111 Å². The lowest BCUT2D eigenvalue weighted by molar-refractivity contribution is 0.240. The molecule has 1 fully saturated rings. The van der Waals surface area contributed by atoms with E-state index in [1.165, 1.54) is 38.2 Å². The molecule has 1 unspecified atom stereocenters. The maximum Gasteiger partial charge on any atom is 0.122 e. The maximum absolute atomic E-state index is 4.48. The first-order valence-corrected chi connectivity index (χ1v) is 7.09. The molecule has 0 spiro atoms. The Bertz CT molecular complexity index is 358. The minimum Gasteiger partial charge on any atom is -0.334 e. The summed E-state index contributed by atoms with van der Waals surface area (Å²) in [6, 6.07) is 0.751. The van der Waals surface area contributed by atoms with Crippen molar-refractivity contribution < 1.29 is 0 Å². The molecule has 0 aromatic carbocycles. The van der Waals surface area contributed by atoms with Crippen molar-refractivity contribution in [3.05, 3.63) is 18.2 Å². The van der Waals surface area contributed by atoms with Gasteiger partial charge in [0.2, 0.25) is 0 Å². The molecule has 1 atom stereocenters. The highest BCUT2D eigenvalue weighted by molar-refractivity contribution is 4.92. The van der Waals surface area contributed by atoms with E-state index in [0.29, 0.717) is 0 Å². The molecule has 4 nitrogen and oxygen atoms in total. The number of nitrogens with zero attached hydrogens (tertiary/aromatic N) is 4. The quantitative estimate of drug-likeness (QED) is 0.814. The van der Waals surface area contributed by atoms with Crippen molar-refractivity contribution in [3.8, 4) is 0 Å². The molecule has 1 aliphatic rings. The SMILES string of the molecule is CCn1ccnc1CN1CCCC(N(C)C)CC1. The Morgan fingerprint density at radius 2 is 2.17 bits per heavy atom. The molecule has 0 bridgehead atoms. The van der Waals surface area contributed by atoms with Gasteiger partial charge in [-0.3, -0.25) is 4.90 Å². The lowest BCUT2D eigenvalue weighted by atomic mass is 10.1. The molecule has 0 amide bonds. The Morgan fingerprint density at radius 1 is 1.33 bits per heavy atom. The molecule has 1 aromatic heterocycles. The Hall–Kier alpha value is -0.870. The van der Waals surface area contributed by atoms with Crippen LogP contribution in [0.1, 0.15) is 32.0 Å². The zero-order valence-corrected chi connectivity index (χ0v) is 12.0. The van der Waals surface area contributed by atoms with E-state index in [-0.39, 0.29) is 0 Å². The van der Waals surface area contributed by atoms with Crippen molar-refractivity contribution in [2.45, 2.75) is 45.3 Å². The summed E-state index contributed by atoms with van der Waals surface area (Å²) in [4.78, 5) is 9.40. The van der Waals surface area contributed by atoms with Crippen molar-refractivity contribution in [1.29, 1.82) is 0 Å². The summed E-state index contributed by atoms with van der Waals surface area (Å²) in [5, 5.41) is 0. The van der Waals surface area contributed by atoms with Crippen LogP contribution in [0.25, 0.3) is 0 Å². The fourth-order valence-corrected chi connectivity index (χ4v) is 2.79. The van der Waals surface area contributed by atoms with E-state index in [9.17, 15) is 0 Å². The molecule has 0 N–H and O–H groups in total. The summed E-state index contributed by atoms with van der Waals surface area (Å²) in [5.41, 5.74) is 0. The number of imidazole rings is 1. The van der Waals surface area contributed by atoms with E-state index in [4.69, 9.17) is 0 Å². The molecule has 4 heteroatoms. The standard InChI is InChI=1S/C14H26N4/c1-4-18-11-8-15-14(18)12-17-9-5-6-13(7-10-17)16(2)3/h8,11,13H,4-7,9-10,12H2,1-3H3. The minimum absolute atomic E-state index is 0.751. The van der Waals surface area contributed by atoms with Gasteiger partial charge in [-0.15, -0.1) is 0 Å². The molecule has 0 saturated carbocycles. The molecule has 18 heavy (non-hydrogen) atoms. The monoisotopic (exact) mass is 250 g/mol. The third kappa shape index (κ3) is 3.33. The first-order chi connectivity index (χ1) is 8.70. The van der Waals surface area contributed by atoms with Crippen LogP contribution in [0.2, 0.25) is 0 Å². The van der Waals surface area contributed by atoms with Gasteiger partial charge in [-0.05, 0) is 46.8 Å². The van der Waals surface area contributed by atoms with E-state index in [1.807, 2.05) is 6.20 Å². The molecule has 2 heterocycles. The van der Waals surface area contributed by atoms with Crippen molar-refractivity contribution in [2.75, 3.05) is 27.2 Å². The second-order valence-electron chi connectivity index (χ2n) is 5.45. The summed E-state index contributed by atoms with van der Waals surface area (Å²) < 4.78 is 2.24. The van der Waals surface area contributed by atoms with Gasteiger partial charge in [-0.1, -0.05) is 0 Å². The van der Waals surface area contributed by atoms with Crippen LogP contribution in [0, 0.1) is 0 Å². The van der Waals surface area contributed by atoms with E-state index in [1.54, 1.807) is 0 Å². The average Bonchev–Trinajstić information content (AvgIpc) is 2.65. The highest BCUT2D eigenvalue weighted by atomic mass is 15.2.